The zero-order valence-electron chi connectivity index (χ0n) is 16.5. The molecule has 1 N–H and O–H groups in total. The van der Waals surface area contributed by atoms with E-state index in [1.165, 1.54) is 0 Å². The molecule has 0 radical (unpaired) electrons. The van der Waals surface area contributed by atoms with Crippen LogP contribution < -0.4 is 14.8 Å². The van der Waals surface area contributed by atoms with E-state index in [0.717, 1.165) is 18.7 Å². The number of methoxy groups -OCH3 is 2. The highest BCUT2D eigenvalue weighted by Crippen LogP contribution is 2.27. The van der Waals surface area contributed by atoms with Gasteiger partial charge in [-0.2, -0.15) is 0 Å². The molecule has 0 unspecified atom stereocenters. The summed E-state index contributed by atoms with van der Waals surface area (Å²) in [4.78, 5) is 27.7. The number of nitrogens with zero attached hydrogens (tertiary/aromatic N) is 5. The molecule has 2 aromatic rings. The monoisotopic (exact) mass is 400 g/mol. The third-order valence-corrected chi connectivity index (χ3v) is 5.21. The van der Waals surface area contributed by atoms with Crippen molar-refractivity contribution in [1.29, 1.82) is 0 Å². The maximum Gasteiger partial charge on any atom is 0.321 e. The molecule has 2 aliphatic rings. The lowest BCUT2D eigenvalue weighted by atomic mass is 10.1. The van der Waals surface area contributed by atoms with Gasteiger partial charge in [-0.1, -0.05) is 5.21 Å². The van der Waals surface area contributed by atoms with Gasteiger partial charge in [-0.3, -0.25) is 4.79 Å². The van der Waals surface area contributed by atoms with Gasteiger partial charge in [0, 0.05) is 49.9 Å². The van der Waals surface area contributed by atoms with E-state index in [1.54, 1.807) is 46.9 Å². The SMILES string of the molecule is COc1cc(NC(=O)N2CC(n3cc(CN4CCCC4=O)nn3)C2)cc(OC)c1. The number of anilines is 1. The summed E-state index contributed by atoms with van der Waals surface area (Å²) in [5.74, 6) is 1.38. The summed E-state index contributed by atoms with van der Waals surface area (Å²) in [6.07, 6.45) is 3.37. The van der Waals surface area contributed by atoms with Crippen LogP contribution in [0.3, 0.4) is 0 Å². The van der Waals surface area contributed by atoms with E-state index in [2.05, 4.69) is 15.6 Å². The zero-order chi connectivity index (χ0) is 20.4. The van der Waals surface area contributed by atoms with Gasteiger partial charge in [-0.05, 0) is 6.42 Å². The topological polar surface area (TPSA) is 102 Å². The number of hydrogen-bond donors (Lipinski definition) is 1. The summed E-state index contributed by atoms with van der Waals surface area (Å²) in [7, 11) is 3.12. The molecule has 29 heavy (non-hydrogen) atoms. The number of carbonyl (C=O) groups excluding carboxylic acids is 2. The van der Waals surface area contributed by atoms with E-state index in [4.69, 9.17) is 9.47 Å². The Kier molecular flexibility index (Phi) is 5.24. The molecule has 2 saturated heterocycles. The van der Waals surface area contributed by atoms with Crippen molar-refractivity contribution in [1.82, 2.24) is 24.8 Å². The van der Waals surface area contributed by atoms with Gasteiger partial charge < -0.3 is 24.6 Å². The van der Waals surface area contributed by atoms with E-state index in [-0.39, 0.29) is 18.0 Å². The van der Waals surface area contributed by atoms with Crippen molar-refractivity contribution in [3.05, 3.63) is 30.1 Å². The average molecular weight is 400 g/mol. The van der Waals surface area contributed by atoms with Gasteiger partial charge in [0.1, 0.15) is 17.2 Å². The maximum absolute atomic E-state index is 12.5. The summed E-state index contributed by atoms with van der Waals surface area (Å²) in [5, 5.41) is 11.2. The fraction of sp³-hybridized carbons (Fsp3) is 0.474. The number of likely N-dealkylation sites (tertiary alicyclic amines) is 2. The Hall–Kier alpha value is -3.30. The Morgan fingerprint density at radius 3 is 2.55 bits per heavy atom. The highest BCUT2D eigenvalue weighted by Gasteiger charge is 2.33. The fourth-order valence-electron chi connectivity index (χ4n) is 3.50. The lowest BCUT2D eigenvalue weighted by Crippen LogP contribution is -2.52. The van der Waals surface area contributed by atoms with Crippen LogP contribution in [0.15, 0.2) is 24.4 Å². The van der Waals surface area contributed by atoms with Crippen molar-refractivity contribution >= 4 is 17.6 Å². The van der Waals surface area contributed by atoms with Crippen LogP contribution in [-0.4, -0.2) is 70.6 Å². The van der Waals surface area contributed by atoms with Crippen LogP contribution in [0.4, 0.5) is 10.5 Å². The first kappa shape index (κ1) is 19.0. The van der Waals surface area contributed by atoms with Gasteiger partial charge in [0.2, 0.25) is 5.91 Å². The van der Waals surface area contributed by atoms with E-state index in [9.17, 15) is 9.59 Å². The minimum absolute atomic E-state index is 0.0797. The number of urea groups is 1. The van der Waals surface area contributed by atoms with Gasteiger partial charge in [0.25, 0.3) is 0 Å². The predicted molar refractivity (Wildman–Crippen MR) is 104 cm³/mol. The van der Waals surface area contributed by atoms with E-state index < -0.39 is 0 Å². The van der Waals surface area contributed by atoms with Crippen molar-refractivity contribution in [3.63, 3.8) is 0 Å². The van der Waals surface area contributed by atoms with Gasteiger partial charge in [0.05, 0.1) is 33.0 Å². The van der Waals surface area contributed by atoms with Gasteiger partial charge in [-0.15, -0.1) is 5.10 Å². The molecule has 1 aromatic carbocycles. The standard InChI is InChI=1S/C19H24N6O4/c1-28-16-6-13(7-17(8-16)29-2)20-19(27)24-11-15(12-24)25-10-14(21-22-25)9-23-5-3-4-18(23)26/h6-8,10,15H,3-5,9,11-12H2,1-2H3,(H,20,27). The molecule has 4 rings (SSSR count). The Bertz CT molecular complexity index is 886. The first-order chi connectivity index (χ1) is 14.1. The number of hydrogen-bond acceptors (Lipinski definition) is 6. The molecule has 10 nitrogen and oxygen atoms in total. The minimum Gasteiger partial charge on any atom is -0.497 e. The lowest BCUT2D eigenvalue weighted by Gasteiger charge is -2.38. The Morgan fingerprint density at radius 2 is 1.93 bits per heavy atom. The van der Waals surface area contributed by atoms with Gasteiger partial charge in [0.15, 0.2) is 0 Å². The second kappa shape index (κ2) is 7.98. The summed E-state index contributed by atoms with van der Waals surface area (Å²) >= 11 is 0. The second-order valence-corrected chi connectivity index (χ2v) is 7.20. The number of amides is 3. The van der Waals surface area contributed by atoms with E-state index >= 15 is 0 Å². The Morgan fingerprint density at radius 1 is 1.21 bits per heavy atom. The van der Waals surface area contributed by atoms with Crippen LogP contribution in [-0.2, 0) is 11.3 Å². The number of carbonyl (C=O) groups is 2. The molecule has 0 aliphatic carbocycles. The molecule has 0 atom stereocenters. The van der Waals surface area contributed by atoms with Crippen LogP contribution in [0.2, 0.25) is 0 Å². The van der Waals surface area contributed by atoms with Crippen molar-refractivity contribution in [3.8, 4) is 11.5 Å². The predicted octanol–water partition coefficient (Wildman–Crippen LogP) is 1.51. The molecule has 2 fully saturated rings. The van der Waals surface area contributed by atoms with E-state index in [0.29, 0.717) is 43.2 Å². The molecule has 3 heterocycles. The zero-order valence-corrected chi connectivity index (χ0v) is 16.5. The summed E-state index contributed by atoms with van der Waals surface area (Å²) in [6.45, 7) is 2.35. The lowest BCUT2D eigenvalue weighted by molar-refractivity contribution is -0.128. The first-order valence-electron chi connectivity index (χ1n) is 9.53. The Balaban J connectivity index is 1.31. The number of nitrogens with one attached hydrogen (secondary N) is 1. The Labute approximate surface area is 168 Å². The smallest absolute Gasteiger partial charge is 0.321 e. The molecular weight excluding hydrogens is 376 g/mol. The number of ether oxygens (including phenoxy) is 2. The van der Waals surface area contributed by atoms with Crippen molar-refractivity contribution in [2.75, 3.05) is 39.2 Å². The van der Waals surface area contributed by atoms with Crippen molar-refractivity contribution in [2.45, 2.75) is 25.4 Å². The molecule has 0 saturated carbocycles. The molecular formula is C19H24N6O4. The van der Waals surface area contributed by atoms with Crippen molar-refractivity contribution in [2.24, 2.45) is 0 Å². The van der Waals surface area contributed by atoms with Crippen LogP contribution in [0.5, 0.6) is 11.5 Å². The quantitative estimate of drug-likeness (QED) is 0.789. The summed E-state index contributed by atoms with van der Waals surface area (Å²) < 4.78 is 12.2. The molecule has 154 valence electrons. The maximum atomic E-state index is 12.5. The highest BCUT2D eigenvalue weighted by atomic mass is 16.5. The van der Waals surface area contributed by atoms with Crippen molar-refractivity contribution < 1.29 is 19.1 Å². The second-order valence-electron chi connectivity index (χ2n) is 7.20. The molecule has 10 heteroatoms. The van der Waals surface area contributed by atoms with E-state index in [1.807, 2.05) is 6.20 Å². The average Bonchev–Trinajstić information content (AvgIpc) is 3.30. The largest absolute Gasteiger partial charge is 0.497 e. The van der Waals surface area contributed by atoms with Crippen LogP contribution in [0, 0.1) is 0 Å². The fourth-order valence-corrected chi connectivity index (χ4v) is 3.50. The minimum atomic E-state index is -0.195. The van der Waals surface area contributed by atoms with Gasteiger partial charge in [-0.25, -0.2) is 9.48 Å². The third-order valence-electron chi connectivity index (χ3n) is 5.21. The molecule has 0 spiro atoms. The third kappa shape index (κ3) is 4.10. The number of aromatic nitrogens is 3. The van der Waals surface area contributed by atoms with Gasteiger partial charge >= 0.3 is 6.03 Å². The molecule has 0 bridgehead atoms. The number of rotatable bonds is 6. The molecule has 3 amide bonds. The van der Waals surface area contributed by atoms with Crippen LogP contribution in [0.25, 0.3) is 0 Å². The first-order valence-corrected chi connectivity index (χ1v) is 9.53. The summed E-state index contributed by atoms with van der Waals surface area (Å²) in [5.41, 5.74) is 1.37. The molecule has 1 aromatic heterocycles. The highest BCUT2D eigenvalue weighted by molar-refractivity contribution is 5.90. The normalized spacial score (nSPS) is 16.7. The van der Waals surface area contributed by atoms with Crippen LogP contribution >= 0.6 is 0 Å². The number of benzene rings is 1. The van der Waals surface area contributed by atoms with Crippen LogP contribution in [0.1, 0.15) is 24.6 Å². The summed E-state index contributed by atoms with van der Waals surface area (Å²) in [6, 6.07) is 5.10. The molecule has 2 aliphatic heterocycles.